The van der Waals surface area contributed by atoms with Crippen molar-refractivity contribution >= 4 is 63.8 Å². The summed E-state index contributed by atoms with van der Waals surface area (Å²) in [5, 5.41) is 1.07. The third kappa shape index (κ3) is 4.74. The molecule has 198 valence electrons. The molecule has 1 N–H and O–H groups in total. The summed E-state index contributed by atoms with van der Waals surface area (Å²) in [4.78, 5) is 44.3. The third-order valence-electron chi connectivity index (χ3n) is 6.76. The van der Waals surface area contributed by atoms with Crippen molar-refractivity contribution in [2.75, 3.05) is 12.0 Å². The Labute approximate surface area is 241 Å². The number of H-pyrrole nitrogens is 1. The van der Waals surface area contributed by atoms with Crippen molar-refractivity contribution in [3.63, 3.8) is 0 Å². The molecule has 7 nitrogen and oxygen atoms in total. The van der Waals surface area contributed by atoms with Crippen LogP contribution in [0.4, 0.5) is 5.69 Å². The molecule has 2 aliphatic heterocycles. The van der Waals surface area contributed by atoms with E-state index in [9.17, 15) is 14.4 Å². The molecule has 0 saturated carbocycles. The molecular formula is C28H20Cl2N2O5S2. The number of methoxy groups -OCH3 is 1. The lowest BCUT2D eigenvalue weighted by atomic mass is 9.83. The zero-order valence-corrected chi connectivity index (χ0v) is 23.5. The highest BCUT2D eigenvalue weighted by atomic mass is 35.5. The molecule has 3 atom stereocenters. The largest absolute Gasteiger partial charge is 0.493 e. The summed E-state index contributed by atoms with van der Waals surface area (Å²) in [7, 11) is 1.54. The SMILES string of the molecule is COc1cc([C@H]2c3sc(=O)[nH]c3SC3C(=O)N(c4ccc(Cl)cc4)C(=O)C32)ccc1OCc1ccc(Cl)cc1. The highest BCUT2D eigenvalue weighted by Crippen LogP contribution is 2.53. The maximum Gasteiger partial charge on any atom is 0.305 e. The second-order valence-electron chi connectivity index (χ2n) is 9.06. The molecule has 3 aromatic carbocycles. The molecule has 6 rings (SSSR count). The number of hydrogen-bond donors (Lipinski definition) is 1. The van der Waals surface area contributed by atoms with Gasteiger partial charge in [0.05, 0.1) is 23.7 Å². The quantitative estimate of drug-likeness (QED) is 0.269. The number of imide groups is 1. The van der Waals surface area contributed by atoms with Gasteiger partial charge in [0.1, 0.15) is 11.9 Å². The Morgan fingerprint density at radius 3 is 2.28 bits per heavy atom. The van der Waals surface area contributed by atoms with Crippen molar-refractivity contribution in [2.24, 2.45) is 5.92 Å². The Morgan fingerprint density at radius 2 is 1.59 bits per heavy atom. The van der Waals surface area contributed by atoms with E-state index in [0.29, 0.717) is 38.9 Å². The molecule has 3 heterocycles. The van der Waals surface area contributed by atoms with Gasteiger partial charge >= 0.3 is 4.87 Å². The Hall–Kier alpha value is -3.24. The summed E-state index contributed by atoms with van der Waals surface area (Å²) >= 11 is 14.3. The van der Waals surface area contributed by atoms with E-state index in [1.165, 1.54) is 16.7 Å². The highest BCUT2D eigenvalue weighted by Gasteiger charge is 2.56. The average molecular weight is 600 g/mol. The first-order valence-corrected chi connectivity index (χ1v) is 14.4. The third-order valence-corrected chi connectivity index (χ3v) is 9.67. The van der Waals surface area contributed by atoms with E-state index in [-0.39, 0.29) is 16.7 Å². The van der Waals surface area contributed by atoms with Crippen molar-refractivity contribution in [3.8, 4) is 11.5 Å². The maximum atomic E-state index is 13.9. The molecule has 0 bridgehead atoms. The van der Waals surface area contributed by atoms with Gasteiger partial charge in [0.2, 0.25) is 11.8 Å². The number of aromatic amines is 1. The smallest absolute Gasteiger partial charge is 0.305 e. The van der Waals surface area contributed by atoms with Crippen molar-refractivity contribution < 1.29 is 19.1 Å². The maximum absolute atomic E-state index is 13.9. The van der Waals surface area contributed by atoms with Crippen LogP contribution in [0.2, 0.25) is 10.0 Å². The standard InChI is InChI=1S/C28H20Cl2N2O5S2/c1-36-20-12-15(4-11-19(20)37-13-14-2-5-16(29)6-3-14)21-22-24(38-25-23(21)39-28(35)31-25)27(34)32(26(22)33)18-9-7-17(30)8-10-18/h2-12,21-22,24H,13H2,1H3,(H,31,35)/t21-,22?,24?/m1/s1. The van der Waals surface area contributed by atoms with E-state index in [1.807, 2.05) is 24.3 Å². The highest BCUT2D eigenvalue weighted by molar-refractivity contribution is 8.00. The van der Waals surface area contributed by atoms with Crippen molar-refractivity contribution in [3.05, 3.63) is 102 Å². The lowest BCUT2D eigenvalue weighted by Crippen LogP contribution is -2.32. The number of carbonyl (C=O) groups is 2. The topological polar surface area (TPSA) is 88.7 Å². The molecule has 1 saturated heterocycles. The van der Waals surface area contributed by atoms with E-state index in [0.717, 1.165) is 27.3 Å². The number of fused-ring (bicyclic) bond motifs is 2. The van der Waals surface area contributed by atoms with E-state index >= 15 is 0 Å². The van der Waals surface area contributed by atoms with Crippen LogP contribution in [0.5, 0.6) is 11.5 Å². The van der Waals surface area contributed by atoms with E-state index < -0.39 is 17.1 Å². The Balaban J connectivity index is 1.37. The fourth-order valence-corrected chi connectivity index (χ4v) is 7.73. The molecule has 0 aliphatic carbocycles. The van der Waals surface area contributed by atoms with Gasteiger partial charge in [-0.25, -0.2) is 4.90 Å². The van der Waals surface area contributed by atoms with Crippen LogP contribution >= 0.6 is 46.3 Å². The summed E-state index contributed by atoms with van der Waals surface area (Å²) in [6.07, 6.45) is 0. The second kappa shape index (κ2) is 10.4. The first-order chi connectivity index (χ1) is 18.8. The number of nitrogens with one attached hydrogen (secondary N) is 1. The van der Waals surface area contributed by atoms with E-state index in [2.05, 4.69) is 4.98 Å². The summed E-state index contributed by atoms with van der Waals surface area (Å²) in [5.74, 6) is -0.872. The number of aromatic nitrogens is 1. The van der Waals surface area contributed by atoms with Crippen LogP contribution in [0.1, 0.15) is 21.9 Å². The minimum absolute atomic E-state index is 0.234. The van der Waals surface area contributed by atoms with Crippen LogP contribution < -0.4 is 19.2 Å². The number of thioether (sulfide) groups is 1. The van der Waals surface area contributed by atoms with Gasteiger partial charge in [0.25, 0.3) is 0 Å². The zero-order valence-electron chi connectivity index (χ0n) is 20.4. The Kier molecular flexibility index (Phi) is 6.93. The number of carbonyl (C=O) groups excluding carboxylic acids is 2. The van der Waals surface area contributed by atoms with Crippen LogP contribution in [0.3, 0.4) is 0 Å². The van der Waals surface area contributed by atoms with Gasteiger partial charge in [-0.1, -0.05) is 64.5 Å². The number of anilines is 1. The molecule has 1 fully saturated rings. The Morgan fingerprint density at radius 1 is 0.897 bits per heavy atom. The number of hydrogen-bond acceptors (Lipinski definition) is 7. The molecule has 2 aliphatic rings. The predicted molar refractivity (Wildman–Crippen MR) is 153 cm³/mol. The monoisotopic (exact) mass is 598 g/mol. The molecule has 0 radical (unpaired) electrons. The molecule has 2 amide bonds. The van der Waals surface area contributed by atoms with Crippen molar-refractivity contribution in [1.82, 2.24) is 4.98 Å². The van der Waals surface area contributed by atoms with E-state index in [1.54, 1.807) is 49.6 Å². The number of thiazole rings is 1. The van der Waals surface area contributed by atoms with Crippen LogP contribution in [-0.4, -0.2) is 29.2 Å². The van der Waals surface area contributed by atoms with Crippen LogP contribution in [-0.2, 0) is 16.2 Å². The van der Waals surface area contributed by atoms with Gasteiger partial charge in [-0.2, -0.15) is 0 Å². The molecular weight excluding hydrogens is 579 g/mol. The fourth-order valence-electron chi connectivity index (χ4n) is 4.96. The van der Waals surface area contributed by atoms with Gasteiger partial charge in [-0.15, -0.1) is 0 Å². The number of nitrogens with zero attached hydrogens (tertiary/aromatic N) is 1. The van der Waals surface area contributed by atoms with Crippen LogP contribution in [0.25, 0.3) is 0 Å². The minimum atomic E-state index is -0.706. The summed E-state index contributed by atoms with van der Waals surface area (Å²) in [6.45, 7) is 0.310. The number of rotatable bonds is 6. The molecule has 2 unspecified atom stereocenters. The number of ether oxygens (including phenoxy) is 2. The summed E-state index contributed by atoms with van der Waals surface area (Å²) in [5.41, 5.74) is 2.15. The second-order valence-corrected chi connectivity index (χ2v) is 12.1. The van der Waals surface area contributed by atoms with Gasteiger partial charge in [-0.3, -0.25) is 14.4 Å². The van der Waals surface area contributed by atoms with Gasteiger partial charge in [0, 0.05) is 20.8 Å². The molecule has 4 aromatic rings. The van der Waals surface area contributed by atoms with Crippen molar-refractivity contribution in [2.45, 2.75) is 22.8 Å². The van der Waals surface area contributed by atoms with E-state index in [4.69, 9.17) is 32.7 Å². The number of amides is 2. The van der Waals surface area contributed by atoms with Gasteiger partial charge in [-0.05, 0) is 59.7 Å². The number of benzene rings is 3. The molecule has 1 aromatic heterocycles. The number of halogens is 2. The first kappa shape index (κ1) is 26.0. The summed E-state index contributed by atoms with van der Waals surface area (Å²) < 4.78 is 11.7. The lowest BCUT2D eigenvalue weighted by Gasteiger charge is -2.30. The van der Waals surface area contributed by atoms with Crippen molar-refractivity contribution in [1.29, 1.82) is 0 Å². The van der Waals surface area contributed by atoms with Gasteiger partial charge in [0.15, 0.2) is 11.5 Å². The predicted octanol–water partition coefficient (Wildman–Crippen LogP) is 6.13. The van der Waals surface area contributed by atoms with Crippen LogP contribution in [0.15, 0.2) is 76.6 Å². The first-order valence-electron chi connectivity index (χ1n) is 11.9. The molecule has 0 spiro atoms. The fraction of sp³-hybridized carbons (Fsp3) is 0.179. The normalized spacial score (nSPS) is 20.1. The average Bonchev–Trinajstić information content (AvgIpc) is 3.43. The summed E-state index contributed by atoms with van der Waals surface area (Å²) in [6, 6.07) is 19.4. The lowest BCUT2D eigenvalue weighted by molar-refractivity contribution is -0.122. The molecule has 11 heteroatoms. The minimum Gasteiger partial charge on any atom is -0.493 e. The molecule has 39 heavy (non-hydrogen) atoms. The zero-order chi connectivity index (χ0) is 27.3. The van der Waals surface area contributed by atoms with Gasteiger partial charge < -0.3 is 14.5 Å². The Bertz CT molecular complexity index is 1640. The van der Waals surface area contributed by atoms with Crippen LogP contribution in [0, 0.1) is 5.92 Å².